The van der Waals surface area contributed by atoms with Gasteiger partial charge in [-0.15, -0.1) is 0 Å². The van der Waals surface area contributed by atoms with E-state index in [2.05, 4.69) is 59.6 Å². The van der Waals surface area contributed by atoms with Crippen molar-refractivity contribution >= 4 is 57.3 Å². The second-order valence-electron chi connectivity index (χ2n) is 23.6. The van der Waals surface area contributed by atoms with Crippen LogP contribution in [0.25, 0.3) is 0 Å². The van der Waals surface area contributed by atoms with Crippen molar-refractivity contribution in [1.29, 1.82) is 0 Å². The molecule has 1 aliphatic rings. The highest BCUT2D eigenvalue weighted by Crippen LogP contribution is 2.29. The summed E-state index contributed by atoms with van der Waals surface area (Å²) >= 11 is 0. The highest BCUT2D eigenvalue weighted by atomic mass is 28.4. The average Bonchev–Trinajstić information content (AvgIpc) is 3.87. The van der Waals surface area contributed by atoms with Crippen LogP contribution in [0.3, 0.4) is 0 Å². The summed E-state index contributed by atoms with van der Waals surface area (Å²) in [6.45, 7) is 26.9. The summed E-state index contributed by atoms with van der Waals surface area (Å²) in [5, 5.41) is 13.3. The Bertz CT molecular complexity index is 2190. The van der Waals surface area contributed by atoms with Crippen LogP contribution in [0.2, 0.25) is 32.2 Å². The van der Waals surface area contributed by atoms with Gasteiger partial charge in [-0.05, 0) is 120 Å². The third kappa shape index (κ3) is 21.2. The number of benzene rings is 2. The van der Waals surface area contributed by atoms with E-state index in [9.17, 15) is 28.8 Å². The molecule has 1 aliphatic heterocycles. The quantitative estimate of drug-likeness (QED) is 0.0482. The molecule has 3 rings (SSSR count). The summed E-state index contributed by atoms with van der Waals surface area (Å²) in [6.07, 6.45) is 2.21. The van der Waals surface area contributed by atoms with E-state index in [0.29, 0.717) is 52.1 Å². The molecule has 0 spiro atoms. The lowest BCUT2D eigenvalue weighted by Gasteiger charge is -2.37. The maximum atomic E-state index is 14.3. The van der Waals surface area contributed by atoms with Crippen molar-refractivity contribution < 1.29 is 47.1 Å². The van der Waals surface area contributed by atoms with E-state index < -0.39 is 46.8 Å². The van der Waals surface area contributed by atoms with Crippen molar-refractivity contribution in [3.05, 3.63) is 65.7 Å². The first-order valence-electron chi connectivity index (χ1n) is 28.5. The average molecular weight is 1120 g/mol. The molecule has 0 aliphatic carbocycles. The van der Waals surface area contributed by atoms with Crippen molar-refractivity contribution in [2.45, 2.75) is 175 Å². The minimum Gasteiger partial charge on any atom is -0.452 e. The Kier molecular flexibility index (Phi) is 28.4. The van der Waals surface area contributed by atoms with Crippen molar-refractivity contribution in [3.63, 3.8) is 0 Å². The van der Waals surface area contributed by atoms with E-state index in [1.54, 1.807) is 33.1 Å². The van der Waals surface area contributed by atoms with Crippen LogP contribution in [0.5, 0.6) is 0 Å². The molecule has 78 heavy (non-hydrogen) atoms. The molecule has 1 saturated heterocycles. The third-order valence-corrected chi connectivity index (χ3v) is 23.0. The van der Waals surface area contributed by atoms with Gasteiger partial charge in [0.05, 0.1) is 49.7 Å². The predicted molar refractivity (Wildman–Crippen MR) is 315 cm³/mol. The first kappa shape index (κ1) is 67.8. The molecule has 1 fully saturated rings. The Balaban J connectivity index is 1.64. The minimum atomic E-state index is -2.36. The normalized spacial score (nSPS) is 17.2. The molecule has 1 heterocycles. The topological polar surface area (TPSA) is 197 Å². The van der Waals surface area contributed by atoms with Crippen molar-refractivity contribution in [1.82, 2.24) is 36.0 Å². The van der Waals surface area contributed by atoms with Gasteiger partial charge in [0.2, 0.25) is 43.8 Å². The van der Waals surface area contributed by atoms with Crippen LogP contribution < -0.4 is 26.5 Å². The molecule has 0 unspecified atom stereocenters. The van der Waals surface area contributed by atoms with Crippen LogP contribution in [-0.2, 0) is 59.9 Å². The third-order valence-electron chi connectivity index (χ3n) is 15.5. The van der Waals surface area contributed by atoms with Crippen molar-refractivity contribution in [2.75, 3.05) is 68.2 Å². The molecular weight excluding hydrogens is 1020 g/mol. The lowest BCUT2D eigenvalue weighted by atomic mass is 9.92. The molecule has 6 amide bonds. The second-order valence-corrected chi connectivity index (χ2v) is 32.0. The van der Waals surface area contributed by atoms with Gasteiger partial charge in [0.25, 0.3) is 0 Å². The number of nitrogens with zero attached hydrogens (tertiary/aromatic N) is 3. The molecule has 440 valence electrons. The first-order valence-corrected chi connectivity index (χ1v) is 34.5. The van der Waals surface area contributed by atoms with Crippen LogP contribution in [0, 0.1) is 23.7 Å². The molecule has 0 saturated carbocycles. The minimum absolute atomic E-state index is 0.0451. The SMILES string of the molecule is CCOCCNC(=O)Cc1cccc([Si](C)(C)O[Si](C)(C)CCCNC(=O)[C@H](Cc2ccccc2)NC(=O)[C@H](C)[C@@H](OC)[C@@H]2CCCN2C(=O)C[C@H](C[C@H](C)[C@@H](C)N(C)C(=O)[C@@H](NC(=O)[C@H](C(C)C)N(C)C)C(C)C)OC)c1. The Morgan fingerprint density at radius 3 is 2.05 bits per heavy atom. The van der Waals surface area contributed by atoms with E-state index in [-0.39, 0.29) is 90.6 Å². The molecule has 0 aromatic heterocycles. The van der Waals surface area contributed by atoms with Gasteiger partial charge in [-0.25, -0.2) is 0 Å². The number of carbonyl (C=O) groups is 6. The van der Waals surface area contributed by atoms with Gasteiger partial charge in [-0.3, -0.25) is 33.7 Å². The number of rotatable bonds is 34. The largest absolute Gasteiger partial charge is 0.452 e. The van der Waals surface area contributed by atoms with Gasteiger partial charge >= 0.3 is 0 Å². The highest BCUT2D eigenvalue weighted by Gasteiger charge is 2.42. The summed E-state index contributed by atoms with van der Waals surface area (Å²) < 4.78 is 24.3. The van der Waals surface area contributed by atoms with E-state index in [4.69, 9.17) is 18.3 Å². The Morgan fingerprint density at radius 2 is 1.45 bits per heavy atom. The van der Waals surface area contributed by atoms with Crippen LogP contribution >= 0.6 is 0 Å². The fourth-order valence-electron chi connectivity index (χ4n) is 10.9. The van der Waals surface area contributed by atoms with E-state index in [0.717, 1.165) is 28.8 Å². The van der Waals surface area contributed by atoms with Crippen LogP contribution in [0.15, 0.2) is 54.6 Å². The number of hydrogen-bond donors (Lipinski definition) is 4. The van der Waals surface area contributed by atoms with Gasteiger partial charge in [0, 0.05) is 60.0 Å². The fraction of sp³-hybridized carbons (Fsp3) is 0.695. The summed E-state index contributed by atoms with van der Waals surface area (Å²) in [6, 6.07) is 16.0. The van der Waals surface area contributed by atoms with Gasteiger partial charge in [0.15, 0.2) is 8.32 Å². The summed E-state index contributed by atoms with van der Waals surface area (Å²) in [4.78, 5) is 87.9. The molecule has 2 aromatic rings. The fourth-order valence-corrected chi connectivity index (χ4v) is 19.3. The molecule has 9 atom stereocenters. The smallest absolute Gasteiger partial charge is 0.245 e. The second kappa shape index (κ2) is 32.7. The maximum Gasteiger partial charge on any atom is 0.245 e. The number of carbonyl (C=O) groups excluding carboxylic acids is 6. The van der Waals surface area contributed by atoms with Gasteiger partial charge in [-0.1, -0.05) is 96.1 Å². The zero-order chi connectivity index (χ0) is 58.5. The number of methoxy groups -OCH3 is 2. The Labute approximate surface area is 471 Å². The summed E-state index contributed by atoms with van der Waals surface area (Å²) in [7, 11) is 4.07. The zero-order valence-electron chi connectivity index (χ0n) is 50.7. The lowest BCUT2D eigenvalue weighted by molar-refractivity contribution is -0.143. The van der Waals surface area contributed by atoms with Crippen LogP contribution in [0.4, 0.5) is 0 Å². The van der Waals surface area contributed by atoms with Crippen LogP contribution in [-0.4, -0.2) is 177 Å². The molecule has 0 radical (unpaired) electrons. The van der Waals surface area contributed by atoms with Gasteiger partial charge in [0.1, 0.15) is 12.1 Å². The first-order chi connectivity index (χ1) is 36.7. The molecular formula is C59H101N7O10Si2. The standard InChI is InChI=1S/C59H101N7O10Si2/c1-18-75-33-31-60-51(67)38-46-27-22-28-48(36-46)78(16,17)76-77(14,15)34-24-30-61-57(70)49(37-45-25-20-19-21-26-45)62-56(69)43(7)55(74-13)50-29-23-32-66(50)52(68)39-47(73-12)35-42(6)44(8)65(11)59(72)53(40(2)3)63-58(71)54(41(4)5)64(9)10/h19-22,25-28,36,40-44,47,49-50,53-55H,18,23-24,29-35,37-39H2,1-17H3,(H,60,67)(H,61,70)(H,62,69)(H,63,71)/t42-,43+,44+,47-,49-,50-,53-,54-,55+/m0/s1. The van der Waals surface area contributed by atoms with E-state index >= 15 is 0 Å². The lowest BCUT2D eigenvalue weighted by Crippen LogP contribution is -2.57. The predicted octanol–water partition coefficient (Wildman–Crippen LogP) is 5.90. The van der Waals surface area contributed by atoms with Crippen LogP contribution in [0.1, 0.15) is 98.6 Å². The molecule has 17 nitrogen and oxygen atoms in total. The zero-order valence-corrected chi connectivity index (χ0v) is 52.7. The molecule has 0 bridgehead atoms. The molecule has 4 N–H and O–H groups in total. The van der Waals surface area contributed by atoms with Crippen molar-refractivity contribution in [3.8, 4) is 0 Å². The number of hydrogen-bond acceptors (Lipinski definition) is 11. The number of amides is 6. The Morgan fingerprint density at radius 1 is 0.782 bits per heavy atom. The Hall–Kier alpha value is -4.51. The monoisotopic (exact) mass is 1120 g/mol. The number of nitrogens with one attached hydrogen (secondary N) is 4. The van der Waals surface area contributed by atoms with Gasteiger partial charge < -0.3 is 49.4 Å². The summed E-state index contributed by atoms with van der Waals surface area (Å²) in [5.74, 6) is -1.96. The van der Waals surface area contributed by atoms with Crippen molar-refractivity contribution in [2.24, 2.45) is 23.7 Å². The summed E-state index contributed by atoms with van der Waals surface area (Å²) in [5.41, 5.74) is 1.84. The maximum absolute atomic E-state index is 14.3. The highest BCUT2D eigenvalue weighted by molar-refractivity contribution is 6.92. The molecule has 19 heteroatoms. The van der Waals surface area contributed by atoms with Gasteiger partial charge in [-0.2, -0.15) is 0 Å². The molecule has 2 aromatic carbocycles. The number of likely N-dealkylation sites (N-methyl/N-ethyl adjacent to an activating group) is 2. The number of ether oxygens (including phenoxy) is 3. The number of likely N-dealkylation sites (tertiary alicyclic amines) is 1. The van der Waals surface area contributed by atoms with E-state index in [1.165, 1.54) is 0 Å². The van der Waals surface area contributed by atoms with E-state index in [1.807, 2.05) is 115 Å².